The molecule has 0 aliphatic heterocycles. The van der Waals surface area contributed by atoms with E-state index in [1.165, 1.54) is 0 Å². The summed E-state index contributed by atoms with van der Waals surface area (Å²) in [7, 11) is 0. The number of hydrogen-bond acceptors (Lipinski definition) is 5. The summed E-state index contributed by atoms with van der Waals surface area (Å²) in [5.41, 5.74) is -1.54. The highest BCUT2D eigenvalue weighted by atomic mass is 16.3. The van der Waals surface area contributed by atoms with Crippen LogP contribution in [-0.2, 0) is 9.59 Å². The topological polar surface area (TPSA) is 94.8 Å². The number of Topliss-reactive ketones (excluding diaryl/α,β-unsaturated/α-hetero) is 1. The zero-order valence-corrected chi connectivity index (χ0v) is 15.4. The molecule has 0 bridgehead atoms. The van der Waals surface area contributed by atoms with E-state index in [4.69, 9.17) is 0 Å². The van der Waals surface area contributed by atoms with Gasteiger partial charge in [-0.05, 0) is 56.1 Å². The second kappa shape index (κ2) is 5.60. The molecule has 7 atom stereocenters. The van der Waals surface area contributed by atoms with E-state index in [1.807, 2.05) is 13.0 Å². The number of fused-ring (bicyclic) bond motifs is 5. The fraction of sp³-hybridized carbons (Fsp3) is 0.714. The van der Waals surface area contributed by atoms with E-state index in [2.05, 4.69) is 6.92 Å². The van der Waals surface area contributed by atoms with Crippen LogP contribution in [0.5, 0.6) is 0 Å². The Labute approximate surface area is 153 Å². The molecule has 0 radical (unpaired) electrons. The molecule has 0 aromatic heterocycles. The van der Waals surface area contributed by atoms with Gasteiger partial charge in [0, 0.05) is 16.7 Å². The summed E-state index contributed by atoms with van der Waals surface area (Å²) in [6.07, 6.45) is 7.68. The van der Waals surface area contributed by atoms with Crippen LogP contribution in [-0.4, -0.2) is 45.2 Å². The van der Waals surface area contributed by atoms with E-state index in [1.54, 1.807) is 12.2 Å². The van der Waals surface area contributed by atoms with Gasteiger partial charge in [0.2, 0.25) is 0 Å². The van der Waals surface area contributed by atoms with E-state index < -0.39 is 29.5 Å². The van der Waals surface area contributed by atoms with Crippen LogP contribution in [0.25, 0.3) is 0 Å². The van der Waals surface area contributed by atoms with Crippen LogP contribution in [0.3, 0.4) is 0 Å². The highest BCUT2D eigenvalue weighted by Gasteiger charge is 2.67. The zero-order valence-electron chi connectivity index (χ0n) is 15.4. The molecule has 3 fully saturated rings. The summed E-state index contributed by atoms with van der Waals surface area (Å²) in [6.45, 7) is 3.34. The molecule has 0 saturated heterocycles. The molecule has 3 N–H and O–H groups in total. The fourth-order valence-corrected chi connectivity index (χ4v) is 6.92. The molecule has 0 unspecified atom stereocenters. The van der Waals surface area contributed by atoms with Gasteiger partial charge in [0.25, 0.3) is 0 Å². The van der Waals surface area contributed by atoms with Gasteiger partial charge in [-0.2, -0.15) is 0 Å². The number of aliphatic hydroxyl groups is 3. The van der Waals surface area contributed by atoms with Crippen molar-refractivity contribution in [2.45, 2.75) is 57.7 Å². The Morgan fingerprint density at radius 1 is 1.31 bits per heavy atom. The minimum absolute atomic E-state index is 0.00912. The Balaban J connectivity index is 1.75. The number of carbonyl (C=O) groups is 2. The number of allylic oxidation sites excluding steroid dienone is 4. The van der Waals surface area contributed by atoms with Crippen LogP contribution in [0.15, 0.2) is 23.8 Å². The number of hydrogen-bond donors (Lipinski definition) is 3. The van der Waals surface area contributed by atoms with Gasteiger partial charge < -0.3 is 15.3 Å². The molecule has 142 valence electrons. The van der Waals surface area contributed by atoms with Crippen LogP contribution in [0.2, 0.25) is 0 Å². The third-order valence-electron chi connectivity index (χ3n) is 8.25. The molecular weight excluding hydrogens is 332 g/mol. The lowest BCUT2D eigenvalue weighted by molar-refractivity contribution is -0.178. The van der Waals surface area contributed by atoms with Crippen molar-refractivity contribution in [2.75, 3.05) is 6.61 Å². The van der Waals surface area contributed by atoms with Crippen LogP contribution in [0.1, 0.15) is 46.0 Å². The minimum Gasteiger partial charge on any atom is -0.393 e. The SMILES string of the molecule is C[C@]12C=CC(=O)C=C1CC[C@H]1[C@@H]2[C@@H](O)C[C@@]2(C)[C@H]1CC[C@]2(O)C(=O)CO. The summed E-state index contributed by atoms with van der Waals surface area (Å²) in [6, 6.07) is 0. The predicted octanol–water partition coefficient (Wildman–Crippen LogP) is 1.56. The summed E-state index contributed by atoms with van der Waals surface area (Å²) < 4.78 is 0. The molecule has 4 aliphatic carbocycles. The Hall–Kier alpha value is -1.30. The van der Waals surface area contributed by atoms with Crippen molar-refractivity contribution in [2.24, 2.45) is 28.6 Å². The van der Waals surface area contributed by atoms with Crippen molar-refractivity contribution in [3.05, 3.63) is 23.8 Å². The Kier molecular flexibility index (Phi) is 3.89. The lowest BCUT2D eigenvalue weighted by Crippen LogP contribution is -2.61. The Bertz CT molecular complexity index is 724. The van der Waals surface area contributed by atoms with Crippen LogP contribution >= 0.6 is 0 Å². The second-order valence-corrected chi connectivity index (χ2v) is 9.19. The third kappa shape index (κ3) is 2.08. The van der Waals surface area contributed by atoms with Crippen LogP contribution in [0, 0.1) is 28.6 Å². The quantitative estimate of drug-likeness (QED) is 0.695. The molecule has 5 nitrogen and oxygen atoms in total. The van der Waals surface area contributed by atoms with Crippen molar-refractivity contribution >= 4 is 11.6 Å². The highest BCUT2D eigenvalue weighted by molar-refractivity contribution is 6.01. The normalized spacial score (nSPS) is 49.9. The Morgan fingerprint density at radius 3 is 2.73 bits per heavy atom. The third-order valence-corrected chi connectivity index (χ3v) is 8.25. The number of carbonyl (C=O) groups excluding carboxylic acids is 2. The van der Waals surface area contributed by atoms with E-state index in [-0.39, 0.29) is 29.0 Å². The number of aliphatic hydroxyl groups excluding tert-OH is 2. The second-order valence-electron chi connectivity index (χ2n) is 9.19. The summed E-state index contributed by atoms with van der Waals surface area (Å²) in [5.74, 6) is -0.227. The van der Waals surface area contributed by atoms with Gasteiger partial charge in [0.15, 0.2) is 11.6 Å². The fourth-order valence-electron chi connectivity index (χ4n) is 6.92. The predicted molar refractivity (Wildman–Crippen MR) is 95.0 cm³/mol. The van der Waals surface area contributed by atoms with Gasteiger partial charge in [-0.3, -0.25) is 9.59 Å². The molecule has 26 heavy (non-hydrogen) atoms. The minimum atomic E-state index is -1.56. The van der Waals surface area contributed by atoms with Crippen molar-refractivity contribution in [1.82, 2.24) is 0 Å². The highest BCUT2D eigenvalue weighted by Crippen LogP contribution is 2.67. The summed E-state index contributed by atoms with van der Waals surface area (Å²) in [5, 5.41) is 31.7. The lowest BCUT2D eigenvalue weighted by atomic mass is 9.46. The van der Waals surface area contributed by atoms with Gasteiger partial charge in [-0.1, -0.05) is 25.5 Å². The summed E-state index contributed by atoms with van der Waals surface area (Å²) >= 11 is 0. The van der Waals surface area contributed by atoms with Crippen molar-refractivity contribution in [3.63, 3.8) is 0 Å². The monoisotopic (exact) mass is 360 g/mol. The van der Waals surface area contributed by atoms with Gasteiger partial charge in [0.05, 0.1) is 6.10 Å². The molecule has 0 spiro atoms. The standard InChI is InChI=1S/C21H28O5/c1-19-7-5-13(23)9-12(19)3-4-14-15-6-8-21(26,17(25)11-22)20(15,2)10-16(24)18(14)19/h5,7,9,14-16,18,22,24,26H,3-4,6,8,10-11H2,1-2H3/t14-,15+,16+,18-,19+,20+,21+/m1/s1. The van der Waals surface area contributed by atoms with Crippen LogP contribution in [0.4, 0.5) is 0 Å². The maximum Gasteiger partial charge on any atom is 0.190 e. The molecule has 3 saturated carbocycles. The average molecular weight is 360 g/mol. The molecule has 0 aromatic rings. The molecule has 4 rings (SSSR count). The number of ketones is 2. The van der Waals surface area contributed by atoms with Crippen molar-refractivity contribution in [1.29, 1.82) is 0 Å². The summed E-state index contributed by atoms with van der Waals surface area (Å²) in [4.78, 5) is 24.2. The first-order valence-corrected chi connectivity index (χ1v) is 9.66. The lowest BCUT2D eigenvalue weighted by Gasteiger charge is -2.59. The molecule has 0 heterocycles. The molecular formula is C21H28O5. The van der Waals surface area contributed by atoms with Crippen LogP contribution < -0.4 is 0 Å². The largest absolute Gasteiger partial charge is 0.393 e. The maximum atomic E-state index is 12.4. The number of rotatable bonds is 2. The average Bonchev–Trinajstić information content (AvgIpc) is 2.86. The maximum absolute atomic E-state index is 12.4. The van der Waals surface area contributed by atoms with Gasteiger partial charge in [-0.25, -0.2) is 0 Å². The van der Waals surface area contributed by atoms with Crippen molar-refractivity contribution < 1.29 is 24.9 Å². The molecule has 0 amide bonds. The van der Waals surface area contributed by atoms with E-state index in [9.17, 15) is 24.9 Å². The van der Waals surface area contributed by atoms with E-state index in [0.29, 0.717) is 12.8 Å². The first-order chi connectivity index (χ1) is 12.2. The molecule has 5 heteroatoms. The first-order valence-electron chi connectivity index (χ1n) is 9.66. The van der Waals surface area contributed by atoms with Crippen molar-refractivity contribution in [3.8, 4) is 0 Å². The van der Waals surface area contributed by atoms with E-state index in [0.717, 1.165) is 24.8 Å². The smallest absolute Gasteiger partial charge is 0.190 e. The van der Waals surface area contributed by atoms with Gasteiger partial charge in [0.1, 0.15) is 12.2 Å². The molecule has 0 aromatic carbocycles. The van der Waals surface area contributed by atoms with Gasteiger partial charge in [-0.15, -0.1) is 0 Å². The zero-order chi connectivity index (χ0) is 18.9. The first kappa shape index (κ1) is 18.1. The Morgan fingerprint density at radius 2 is 2.04 bits per heavy atom. The van der Waals surface area contributed by atoms with Gasteiger partial charge >= 0.3 is 0 Å². The van der Waals surface area contributed by atoms with E-state index >= 15 is 0 Å². The molecule has 4 aliphatic rings.